The van der Waals surface area contributed by atoms with E-state index >= 15 is 0 Å². The Morgan fingerprint density at radius 2 is 2.18 bits per heavy atom. The van der Waals surface area contributed by atoms with Crippen molar-refractivity contribution in [2.75, 3.05) is 20.1 Å². The lowest BCUT2D eigenvalue weighted by atomic mass is 9.89. The summed E-state index contributed by atoms with van der Waals surface area (Å²) in [4.78, 5) is 26.2. The number of carbonyl (C=O) groups is 2. The largest absolute Gasteiger partial charge is 0.349 e. The molecule has 1 atom stereocenters. The van der Waals surface area contributed by atoms with Crippen LogP contribution in [0.15, 0.2) is 12.3 Å². The first kappa shape index (κ1) is 16.6. The van der Waals surface area contributed by atoms with E-state index in [0.29, 0.717) is 18.7 Å². The molecule has 0 aliphatic carbocycles. The molecule has 1 aliphatic rings. The summed E-state index contributed by atoms with van der Waals surface area (Å²) in [7, 11) is 1.86. The van der Waals surface area contributed by atoms with E-state index in [-0.39, 0.29) is 23.3 Å². The second-order valence-electron chi connectivity index (χ2n) is 7.15. The molecule has 2 rings (SSSR count). The van der Waals surface area contributed by atoms with E-state index in [9.17, 15) is 9.59 Å². The Morgan fingerprint density at radius 1 is 1.50 bits per heavy atom. The number of aromatic nitrogens is 1. The third-order valence-corrected chi connectivity index (χ3v) is 4.57. The van der Waals surface area contributed by atoms with Crippen molar-refractivity contribution in [3.05, 3.63) is 23.5 Å². The van der Waals surface area contributed by atoms with Crippen LogP contribution in [0.25, 0.3) is 0 Å². The average molecular weight is 305 g/mol. The van der Waals surface area contributed by atoms with E-state index in [1.165, 1.54) is 0 Å². The van der Waals surface area contributed by atoms with Crippen LogP contribution in [0, 0.1) is 12.3 Å². The monoisotopic (exact) mass is 305 g/mol. The fourth-order valence-corrected chi connectivity index (χ4v) is 2.87. The topological polar surface area (TPSA) is 54.3 Å². The second kappa shape index (κ2) is 6.15. The zero-order valence-corrected chi connectivity index (χ0v) is 14.3. The molecular formula is C17H27N3O2. The minimum atomic E-state index is -0.0581. The highest BCUT2D eigenvalue weighted by Gasteiger charge is 2.28. The minimum Gasteiger partial charge on any atom is -0.349 e. The number of aryl methyl sites for hydroxylation is 1. The van der Waals surface area contributed by atoms with E-state index < -0.39 is 0 Å². The fraction of sp³-hybridized carbons (Fsp3) is 0.647. The summed E-state index contributed by atoms with van der Waals surface area (Å²) in [5.41, 5.74) is 1.82. The van der Waals surface area contributed by atoms with Crippen molar-refractivity contribution in [1.82, 2.24) is 14.8 Å². The molecule has 0 radical (unpaired) electrons. The normalized spacial score (nSPS) is 17.9. The van der Waals surface area contributed by atoms with Gasteiger partial charge < -0.3 is 14.8 Å². The van der Waals surface area contributed by atoms with Gasteiger partial charge in [0.15, 0.2) is 0 Å². The number of hydrogen-bond donors (Lipinski definition) is 1. The maximum Gasteiger partial charge on any atom is 0.267 e. The van der Waals surface area contributed by atoms with Crippen LogP contribution in [0.4, 0.5) is 0 Å². The zero-order chi connectivity index (χ0) is 16.5. The van der Waals surface area contributed by atoms with Gasteiger partial charge in [-0.15, -0.1) is 0 Å². The van der Waals surface area contributed by atoms with Gasteiger partial charge in [-0.05, 0) is 30.4 Å². The molecule has 0 fully saturated rings. The molecule has 2 amide bonds. The number of hydrogen-bond acceptors (Lipinski definition) is 2. The molecule has 5 heteroatoms. The Morgan fingerprint density at radius 3 is 2.82 bits per heavy atom. The highest BCUT2D eigenvalue weighted by atomic mass is 16.2. The molecule has 0 aromatic carbocycles. The van der Waals surface area contributed by atoms with Crippen LogP contribution in [0.5, 0.6) is 0 Å². The van der Waals surface area contributed by atoms with Gasteiger partial charge in [-0.3, -0.25) is 9.59 Å². The van der Waals surface area contributed by atoms with Gasteiger partial charge in [0.1, 0.15) is 5.69 Å². The molecule has 1 unspecified atom stereocenters. The first-order valence-corrected chi connectivity index (χ1v) is 7.94. The predicted octanol–water partition coefficient (Wildman–Crippen LogP) is 2.37. The fourth-order valence-electron chi connectivity index (χ4n) is 2.87. The molecule has 0 saturated carbocycles. The number of nitrogens with one attached hydrogen (secondary N) is 1. The van der Waals surface area contributed by atoms with Crippen molar-refractivity contribution in [2.45, 2.75) is 46.6 Å². The lowest BCUT2D eigenvalue weighted by molar-refractivity contribution is -0.132. The maximum absolute atomic E-state index is 12.5. The number of nitrogens with zero attached hydrogens (tertiary/aromatic N) is 2. The Labute approximate surface area is 132 Å². The Balaban J connectivity index is 2.06. The first-order chi connectivity index (χ1) is 10.2. The molecule has 1 aromatic rings. The van der Waals surface area contributed by atoms with Crippen LogP contribution in [0.3, 0.4) is 0 Å². The number of rotatable bonds is 5. The Hall–Kier alpha value is -1.78. The van der Waals surface area contributed by atoms with Crippen LogP contribution >= 0.6 is 0 Å². The molecule has 1 aliphatic heterocycles. The van der Waals surface area contributed by atoms with Crippen LogP contribution in [0.1, 0.15) is 55.7 Å². The molecule has 5 nitrogen and oxygen atoms in total. The van der Waals surface area contributed by atoms with Crippen LogP contribution in [-0.2, 0) is 4.79 Å². The van der Waals surface area contributed by atoms with Gasteiger partial charge in [0, 0.05) is 32.8 Å². The quantitative estimate of drug-likeness (QED) is 0.908. The third-order valence-electron chi connectivity index (χ3n) is 4.57. The zero-order valence-electron chi connectivity index (χ0n) is 14.3. The highest BCUT2D eigenvalue weighted by molar-refractivity contribution is 5.94. The van der Waals surface area contributed by atoms with E-state index in [1.807, 2.05) is 35.7 Å². The summed E-state index contributed by atoms with van der Waals surface area (Å²) < 4.78 is 1.95. The van der Waals surface area contributed by atoms with Gasteiger partial charge >= 0.3 is 0 Å². The first-order valence-electron chi connectivity index (χ1n) is 7.94. The summed E-state index contributed by atoms with van der Waals surface area (Å²) in [5, 5.41) is 2.87. The molecule has 1 aromatic heterocycles. The standard InChI is InChI=1S/C17H27N3O2/c1-6-17(3,4)11-19(5)15(21)8-13-9-18-16(22)14-7-12(2)10-20(13)14/h7,10,13H,6,8-9,11H2,1-5H3,(H,18,22). The highest BCUT2D eigenvalue weighted by Crippen LogP contribution is 2.24. The Kier molecular flexibility index (Phi) is 4.63. The lowest BCUT2D eigenvalue weighted by Gasteiger charge is -2.32. The summed E-state index contributed by atoms with van der Waals surface area (Å²) in [5.74, 6) is 0.0669. The van der Waals surface area contributed by atoms with Crippen molar-refractivity contribution in [1.29, 1.82) is 0 Å². The van der Waals surface area contributed by atoms with Gasteiger partial charge in [-0.25, -0.2) is 0 Å². The molecule has 0 bridgehead atoms. The van der Waals surface area contributed by atoms with E-state index in [0.717, 1.165) is 18.5 Å². The SMILES string of the molecule is CCC(C)(C)CN(C)C(=O)CC1CNC(=O)c2cc(C)cn21. The van der Waals surface area contributed by atoms with Crippen molar-refractivity contribution in [3.63, 3.8) is 0 Å². The van der Waals surface area contributed by atoms with Gasteiger partial charge in [-0.2, -0.15) is 0 Å². The van der Waals surface area contributed by atoms with E-state index in [2.05, 4.69) is 26.1 Å². The van der Waals surface area contributed by atoms with Crippen molar-refractivity contribution < 1.29 is 9.59 Å². The van der Waals surface area contributed by atoms with Gasteiger partial charge in [0.05, 0.1) is 6.04 Å². The van der Waals surface area contributed by atoms with Gasteiger partial charge in [0.25, 0.3) is 5.91 Å². The summed E-state index contributed by atoms with van der Waals surface area (Å²) in [6, 6.07) is 1.87. The van der Waals surface area contributed by atoms with E-state index in [4.69, 9.17) is 0 Å². The number of amides is 2. The van der Waals surface area contributed by atoms with Crippen molar-refractivity contribution >= 4 is 11.8 Å². The molecule has 122 valence electrons. The lowest BCUT2D eigenvalue weighted by Crippen LogP contribution is -2.42. The Bertz CT molecular complexity index is 574. The van der Waals surface area contributed by atoms with Gasteiger partial charge in [0.2, 0.25) is 5.91 Å². The number of carbonyl (C=O) groups excluding carboxylic acids is 2. The maximum atomic E-state index is 12.5. The molecule has 22 heavy (non-hydrogen) atoms. The summed E-state index contributed by atoms with van der Waals surface area (Å²) >= 11 is 0. The average Bonchev–Trinajstić information content (AvgIpc) is 2.84. The van der Waals surface area contributed by atoms with Gasteiger partial charge in [-0.1, -0.05) is 20.8 Å². The third kappa shape index (κ3) is 3.51. The molecule has 1 N–H and O–H groups in total. The number of fused-ring (bicyclic) bond motifs is 1. The van der Waals surface area contributed by atoms with E-state index in [1.54, 1.807) is 0 Å². The molecule has 0 spiro atoms. The van der Waals surface area contributed by atoms with Crippen LogP contribution in [-0.4, -0.2) is 41.4 Å². The summed E-state index contributed by atoms with van der Waals surface area (Å²) in [6.07, 6.45) is 3.41. The predicted molar refractivity (Wildman–Crippen MR) is 86.9 cm³/mol. The van der Waals surface area contributed by atoms with Crippen molar-refractivity contribution in [3.8, 4) is 0 Å². The summed E-state index contributed by atoms with van der Waals surface area (Å²) in [6.45, 7) is 9.71. The minimum absolute atomic E-state index is 0.00101. The molecule has 2 heterocycles. The van der Waals surface area contributed by atoms with Crippen molar-refractivity contribution in [2.24, 2.45) is 5.41 Å². The second-order valence-corrected chi connectivity index (χ2v) is 7.15. The molecular weight excluding hydrogens is 278 g/mol. The molecule has 0 saturated heterocycles. The smallest absolute Gasteiger partial charge is 0.267 e. The van der Waals surface area contributed by atoms with Crippen LogP contribution in [0.2, 0.25) is 0 Å². The van der Waals surface area contributed by atoms with Crippen LogP contribution < -0.4 is 5.32 Å².